The summed E-state index contributed by atoms with van der Waals surface area (Å²) in [6.07, 6.45) is 13.6. The molecule has 0 aliphatic heterocycles. The molecule has 0 radical (unpaired) electrons. The van der Waals surface area contributed by atoms with E-state index in [2.05, 4.69) is 35.5 Å². The summed E-state index contributed by atoms with van der Waals surface area (Å²) >= 11 is 1.39. The van der Waals surface area contributed by atoms with Crippen molar-refractivity contribution in [3.8, 4) is 33.2 Å². The zero-order chi connectivity index (χ0) is 27.9. The van der Waals surface area contributed by atoms with Crippen molar-refractivity contribution in [1.29, 1.82) is 0 Å². The minimum Gasteiger partial charge on any atom is -0.335 e. The first kappa shape index (κ1) is 25.6. The fraction of sp³-hybridized carbons (Fsp3) is 0.267. The zero-order valence-electron chi connectivity index (χ0n) is 22.4. The van der Waals surface area contributed by atoms with Crippen molar-refractivity contribution < 1.29 is 9.18 Å². The molecule has 1 saturated carbocycles. The van der Waals surface area contributed by atoms with Gasteiger partial charge in [0.2, 0.25) is 0 Å². The highest BCUT2D eigenvalue weighted by Gasteiger charge is 2.22. The van der Waals surface area contributed by atoms with E-state index in [0.29, 0.717) is 50.4 Å². The molecule has 0 amide bonds. The van der Waals surface area contributed by atoms with Crippen molar-refractivity contribution in [2.24, 2.45) is 5.92 Å². The molecule has 11 heteroatoms. The number of hydrogen-bond donors (Lipinski definition) is 3. The molecule has 7 rings (SSSR count). The third-order valence-electron chi connectivity index (χ3n) is 7.69. The quantitative estimate of drug-likeness (QED) is 0.184. The molecule has 3 N–H and O–H groups in total. The van der Waals surface area contributed by atoms with Gasteiger partial charge in [-0.05, 0) is 56.0 Å². The van der Waals surface area contributed by atoms with E-state index in [0.717, 1.165) is 28.5 Å². The number of H-pyrrole nitrogens is 2. The van der Waals surface area contributed by atoms with E-state index >= 15 is 4.39 Å². The van der Waals surface area contributed by atoms with E-state index in [-0.39, 0.29) is 11.5 Å². The maximum absolute atomic E-state index is 16.2. The van der Waals surface area contributed by atoms with Gasteiger partial charge in [-0.15, -0.1) is 11.3 Å². The number of carbonyl (C=O) groups excluding carboxylic acids is 1. The molecule has 0 unspecified atom stereocenters. The Morgan fingerprint density at radius 3 is 2.76 bits per heavy atom. The summed E-state index contributed by atoms with van der Waals surface area (Å²) in [4.78, 5) is 34.5. The molecule has 1 fully saturated rings. The Hall–Kier alpha value is -4.35. The second-order valence-electron chi connectivity index (χ2n) is 10.5. The lowest BCUT2D eigenvalue weighted by Gasteiger charge is -2.11. The zero-order valence-corrected chi connectivity index (χ0v) is 23.2. The fourth-order valence-electron chi connectivity index (χ4n) is 5.59. The van der Waals surface area contributed by atoms with Gasteiger partial charge in [0, 0.05) is 41.1 Å². The number of aromatic amines is 2. The standard InChI is InChI=1S/C30H27FN8OS/c1-16(40)23-6-7-24(41-23)20-13-34-14-22-28(20)37-30(36-22)29-25-21(38-39-29)15-35-27(26(25)31)19-8-18(11-33-12-19)10-32-9-17-4-2-3-5-17/h6-8,11-15,17,32H,2-5,9-10H2,1H3,(H,36,37)(H,38,39). The van der Waals surface area contributed by atoms with Crippen molar-refractivity contribution in [2.45, 2.75) is 39.2 Å². The number of nitrogens with one attached hydrogen (secondary N) is 3. The third kappa shape index (κ3) is 4.81. The molecule has 41 heavy (non-hydrogen) atoms. The van der Waals surface area contributed by atoms with Crippen LogP contribution in [-0.2, 0) is 6.54 Å². The first-order valence-electron chi connectivity index (χ1n) is 13.7. The van der Waals surface area contributed by atoms with E-state index in [9.17, 15) is 4.79 Å². The molecular weight excluding hydrogens is 539 g/mol. The topological polar surface area (TPSA) is 125 Å². The molecule has 6 aromatic heterocycles. The van der Waals surface area contributed by atoms with Gasteiger partial charge in [0.15, 0.2) is 17.4 Å². The maximum Gasteiger partial charge on any atom is 0.169 e. The number of Topliss-reactive ketones (excluding diaryl/α,β-unsaturated/α-hetero) is 1. The van der Waals surface area contributed by atoms with Crippen molar-refractivity contribution in [3.63, 3.8) is 0 Å². The van der Waals surface area contributed by atoms with Crippen LogP contribution < -0.4 is 5.32 Å². The molecule has 1 aliphatic rings. The number of imidazole rings is 1. The molecule has 0 bridgehead atoms. The molecule has 1 aliphatic carbocycles. The van der Waals surface area contributed by atoms with Crippen LogP contribution in [0, 0.1) is 11.7 Å². The van der Waals surface area contributed by atoms with Crippen molar-refractivity contribution in [2.75, 3.05) is 6.54 Å². The summed E-state index contributed by atoms with van der Waals surface area (Å²) in [5, 5.41) is 11.1. The Labute approximate surface area is 238 Å². The van der Waals surface area contributed by atoms with E-state index in [1.54, 1.807) is 44.0 Å². The normalized spacial score (nSPS) is 14.0. The van der Waals surface area contributed by atoms with Crippen LogP contribution in [0.25, 0.3) is 55.2 Å². The smallest absolute Gasteiger partial charge is 0.169 e. The molecule has 0 atom stereocenters. The highest BCUT2D eigenvalue weighted by atomic mass is 32.1. The van der Waals surface area contributed by atoms with Crippen LogP contribution in [0.5, 0.6) is 0 Å². The summed E-state index contributed by atoms with van der Waals surface area (Å²) in [7, 11) is 0. The number of nitrogens with zero attached hydrogens (tertiary/aromatic N) is 5. The predicted octanol–water partition coefficient (Wildman–Crippen LogP) is 6.31. The average Bonchev–Trinajstić information content (AvgIpc) is 3.79. The number of rotatable bonds is 8. The SMILES string of the molecule is CC(=O)c1ccc(-c2cncc3[nH]c(-c4n[nH]c5cnc(-c6cncc(CNCC7CCCC7)c6)c(F)c45)nc23)s1. The van der Waals surface area contributed by atoms with Gasteiger partial charge in [0.1, 0.15) is 16.9 Å². The number of ketones is 1. The van der Waals surface area contributed by atoms with Gasteiger partial charge < -0.3 is 10.3 Å². The van der Waals surface area contributed by atoms with Crippen molar-refractivity contribution >= 4 is 39.1 Å². The Morgan fingerprint density at radius 2 is 1.93 bits per heavy atom. The molecule has 6 aromatic rings. The largest absolute Gasteiger partial charge is 0.335 e. The molecular formula is C30H27FN8OS. The van der Waals surface area contributed by atoms with Crippen LogP contribution in [0.15, 0.2) is 49.2 Å². The van der Waals surface area contributed by atoms with E-state index in [4.69, 9.17) is 4.98 Å². The maximum atomic E-state index is 16.2. The van der Waals surface area contributed by atoms with E-state index < -0.39 is 5.82 Å². The number of carbonyl (C=O) groups is 1. The summed E-state index contributed by atoms with van der Waals surface area (Å²) in [6, 6.07) is 5.62. The van der Waals surface area contributed by atoms with Crippen LogP contribution in [0.3, 0.4) is 0 Å². The number of aromatic nitrogens is 7. The third-order valence-corrected chi connectivity index (χ3v) is 8.91. The van der Waals surface area contributed by atoms with Crippen LogP contribution in [0.2, 0.25) is 0 Å². The molecule has 0 spiro atoms. The van der Waals surface area contributed by atoms with E-state index in [1.165, 1.54) is 37.0 Å². The van der Waals surface area contributed by atoms with Crippen molar-refractivity contribution in [1.82, 2.24) is 40.4 Å². The van der Waals surface area contributed by atoms with Gasteiger partial charge in [0.25, 0.3) is 0 Å². The Bertz CT molecular complexity index is 1900. The minimum absolute atomic E-state index is 0.00746. The second kappa shape index (κ2) is 10.6. The highest BCUT2D eigenvalue weighted by Crippen LogP contribution is 2.36. The van der Waals surface area contributed by atoms with Gasteiger partial charge >= 0.3 is 0 Å². The Balaban J connectivity index is 1.23. The van der Waals surface area contributed by atoms with Crippen LogP contribution in [0.4, 0.5) is 4.39 Å². The number of fused-ring (bicyclic) bond motifs is 2. The van der Waals surface area contributed by atoms with Gasteiger partial charge in [0.05, 0.1) is 33.7 Å². The molecule has 0 aromatic carbocycles. The summed E-state index contributed by atoms with van der Waals surface area (Å²) in [5.74, 6) is 0.656. The summed E-state index contributed by atoms with van der Waals surface area (Å²) < 4.78 is 16.2. The van der Waals surface area contributed by atoms with Gasteiger partial charge in [-0.2, -0.15) is 5.10 Å². The lowest BCUT2D eigenvalue weighted by Crippen LogP contribution is -2.20. The minimum atomic E-state index is -0.493. The first-order valence-corrected chi connectivity index (χ1v) is 14.5. The average molecular weight is 567 g/mol. The summed E-state index contributed by atoms with van der Waals surface area (Å²) in [5.41, 5.74) is 4.74. The molecule has 6 heterocycles. The second-order valence-corrected chi connectivity index (χ2v) is 11.6. The number of halogens is 1. The predicted molar refractivity (Wildman–Crippen MR) is 157 cm³/mol. The van der Waals surface area contributed by atoms with Crippen LogP contribution >= 0.6 is 11.3 Å². The van der Waals surface area contributed by atoms with E-state index in [1.807, 2.05) is 12.1 Å². The molecule has 0 saturated heterocycles. The summed E-state index contributed by atoms with van der Waals surface area (Å²) in [6.45, 7) is 3.20. The first-order chi connectivity index (χ1) is 20.0. The molecule has 206 valence electrons. The van der Waals surface area contributed by atoms with Gasteiger partial charge in [-0.25, -0.2) is 9.37 Å². The Morgan fingerprint density at radius 1 is 1.07 bits per heavy atom. The monoisotopic (exact) mass is 566 g/mol. The lowest BCUT2D eigenvalue weighted by atomic mass is 10.1. The number of thiophene rings is 1. The van der Waals surface area contributed by atoms with Gasteiger partial charge in [-0.1, -0.05) is 12.8 Å². The number of pyridine rings is 3. The fourth-order valence-corrected chi connectivity index (χ4v) is 6.51. The van der Waals surface area contributed by atoms with Crippen LogP contribution in [0.1, 0.15) is 47.8 Å². The Kier molecular flexibility index (Phi) is 6.60. The highest BCUT2D eigenvalue weighted by molar-refractivity contribution is 7.17. The van der Waals surface area contributed by atoms with Crippen LogP contribution in [-0.4, -0.2) is 47.4 Å². The van der Waals surface area contributed by atoms with Gasteiger partial charge in [-0.3, -0.25) is 24.8 Å². The number of hydrogen-bond acceptors (Lipinski definition) is 8. The van der Waals surface area contributed by atoms with Crippen molar-refractivity contribution in [3.05, 3.63) is 65.4 Å². The lowest BCUT2D eigenvalue weighted by molar-refractivity contribution is 0.102. The molecule has 9 nitrogen and oxygen atoms in total.